The van der Waals surface area contributed by atoms with Gasteiger partial charge in [0.15, 0.2) is 0 Å². The van der Waals surface area contributed by atoms with Gasteiger partial charge in [-0.3, -0.25) is 4.79 Å². The standard InChI is InChI=1S/C21H21ClN2O3/c1-21(2,26)13-5-7-15-16(11-27-19(15)9-13)23-20(25)18-8-12-4-6-14(22)10-17(12)24(18)3/h4-10,16,26H,11H2,1-3H3,(H,23,25). The minimum atomic E-state index is -0.940. The number of hydrogen-bond acceptors (Lipinski definition) is 3. The first kappa shape index (κ1) is 17.9. The van der Waals surface area contributed by atoms with Crippen LogP contribution in [0.25, 0.3) is 10.9 Å². The average Bonchev–Trinajstić information content (AvgIpc) is 3.15. The van der Waals surface area contributed by atoms with E-state index in [-0.39, 0.29) is 11.9 Å². The van der Waals surface area contributed by atoms with Crippen molar-refractivity contribution >= 4 is 28.4 Å². The van der Waals surface area contributed by atoms with Gasteiger partial charge in [-0.2, -0.15) is 0 Å². The second kappa shape index (κ2) is 6.29. The zero-order valence-corrected chi connectivity index (χ0v) is 16.2. The van der Waals surface area contributed by atoms with Gasteiger partial charge >= 0.3 is 0 Å². The smallest absolute Gasteiger partial charge is 0.268 e. The molecule has 27 heavy (non-hydrogen) atoms. The lowest BCUT2D eigenvalue weighted by molar-refractivity contribution is 0.0783. The maximum absolute atomic E-state index is 12.9. The van der Waals surface area contributed by atoms with E-state index in [1.165, 1.54) is 0 Å². The quantitative estimate of drug-likeness (QED) is 0.719. The van der Waals surface area contributed by atoms with Crippen molar-refractivity contribution in [2.24, 2.45) is 7.05 Å². The second-order valence-electron chi connectivity index (χ2n) is 7.44. The summed E-state index contributed by atoms with van der Waals surface area (Å²) in [4.78, 5) is 12.9. The molecule has 5 nitrogen and oxygen atoms in total. The molecule has 1 atom stereocenters. The van der Waals surface area contributed by atoms with Gasteiger partial charge in [-0.25, -0.2) is 0 Å². The minimum absolute atomic E-state index is 0.169. The fraction of sp³-hybridized carbons (Fsp3) is 0.286. The highest BCUT2D eigenvalue weighted by atomic mass is 35.5. The Labute approximate surface area is 162 Å². The zero-order chi connectivity index (χ0) is 19.3. The summed E-state index contributed by atoms with van der Waals surface area (Å²) >= 11 is 6.07. The van der Waals surface area contributed by atoms with E-state index in [4.69, 9.17) is 16.3 Å². The van der Waals surface area contributed by atoms with Crippen molar-refractivity contribution in [2.45, 2.75) is 25.5 Å². The Kier molecular flexibility index (Phi) is 4.17. The Morgan fingerprint density at radius 2 is 2.04 bits per heavy atom. The molecule has 0 fully saturated rings. The number of aliphatic hydroxyl groups is 1. The molecule has 1 aliphatic heterocycles. The highest BCUT2D eigenvalue weighted by molar-refractivity contribution is 6.31. The van der Waals surface area contributed by atoms with E-state index in [0.29, 0.717) is 23.1 Å². The molecule has 1 aliphatic rings. The molecule has 1 unspecified atom stereocenters. The van der Waals surface area contributed by atoms with Crippen molar-refractivity contribution in [2.75, 3.05) is 6.61 Å². The van der Waals surface area contributed by atoms with Crippen LogP contribution < -0.4 is 10.1 Å². The van der Waals surface area contributed by atoms with Crippen LogP contribution in [-0.4, -0.2) is 22.2 Å². The maximum Gasteiger partial charge on any atom is 0.268 e. The van der Waals surface area contributed by atoms with Gasteiger partial charge in [0, 0.05) is 28.5 Å². The molecule has 2 aromatic carbocycles. The number of rotatable bonds is 3. The lowest BCUT2D eigenvalue weighted by atomic mass is 9.96. The fourth-order valence-electron chi connectivity index (χ4n) is 3.46. The van der Waals surface area contributed by atoms with E-state index in [1.54, 1.807) is 13.8 Å². The topological polar surface area (TPSA) is 63.5 Å². The number of aromatic nitrogens is 1. The molecular formula is C21H21ClN2O3. The summed E-state index contributed by atoms with van der Waals surface area (Å²) in [5.74, 6) is 0.529. The summed E-state index contributed by atoms with van der Waals surface area (Å²) in [5, 5.41) is 14.8. The molecule has 0 radical (unpaired) electrons. The van der Waals surface area contributed by atoms with Crippen molar-refractivity contribution < 1.29 is 14.6 Å². The van der Waals surface area contributed by atoms with E-state index in [1.807, 2.05) is 54.1 Å². The molecule has 4 rings (SSSR count). The molecule has 0 saturated heterocycles. The summed E-state index contributed by atoms with van der Waals surface area (Å²) in [7, 11) is 1.85. The molecule has 3 aromatic rings. The molecule has 140 valence electrons. The first-order valence-corrected chi connectivity index (χ1v) is 9.17. The normalized spacial score (nSPS) is 16.3. The van der Waals surface area contributed by atoms with E-state index >= 15 is 0 Å². The van der Waals surface area contributed by atoms with Crippen molar-refractivity contribution in [3.8, 4) is 5.75 Å². The number of aryl methyl sites for hydroxylation is 1. The first-order chi connectivity index (χ1) is 12.7. The summed E-state index contributed by atoms with van der Waals surface area (Å²) in [6, 6.07) is 12.8. The third kappa shape index (κ3) is 3.17. The van der Waals surface area contributed by atoms with E-state index in [9.17, 15) is 9.90 Å². The lowest BCUT2D eigenvalue weighted by Crippen LogP contribution is -2.30. The second-order valence-corrected chi connectivity index (χ2v) is 7.88. The number of nitrogens with one attached hydrogen (secondary N) is 1. The highest BCUT2D eigenvalue weighted by Crippen LogP contribution is 2.36. The fourth-order valence-corrected chi connectivity index (χ4v) is 3.63. The van der Waals surface area contributed by atoms with Crippen LogP contribution in [0.5, 0.6) is 5.75 Å². The number of carbonyl (C=O) groups is 1. The Hall–Kier alpha value is -2.50. The molecule has 0 bridgehead atoms. The number of carbonyl (C=O) groups excluding carboxylic acids is 1. The van der Waals surface area contributed by atoms with Crippen LogP contribution in [0.3, 0.4) is 0 Å². The van der Waals surface area contributed by atoms with Crippen LogP contribution in [0.2, 0.25) is 5.02 Å². The number of nitrogens with zero attached hydrogens (tertiary/aromatic N) is 1. The van der Waals surface area contributed by atoms with Crippen LogP contribution in [0.15, 0.2) is 42.5 Å². The van der Waals surface area contributed by atoms with E-state index in [2.05, 4.69) is 5.32 Å². The maximum atomic E-state index is 12.9. The third-order valence-corrected chi connectivity index (χ3v) is 5.28. The van der Waals surface area contributed by atoms with Gasteiger partial charge < -0.3 is 19.7 Å². The van der Waals surface area contributed by atoms with Gasteiger partial charge in [-0.05, 0) is 43.7 Å². The molecule has 0 spiro atoms. The van der Waals surface area contributed by atoms with Crippen LogP contribution in [0.1, 0.15) is 41.5 Å². The van der Waals surface area contributed by atoms with Gasteiger partial charge in [-0.15, -0.1) is 0 Å². The molecule has 0 aliphatic carbocycles. The van der Waals surface area contributed by atoms with Gasteiger partial charge in [0.25, 0.3) is 5.91 Å². The lowest BCUT2D eigenvalue weighted by Gasteiger charge is -2.18. The highest BCUT2D eigenvalue weighted by Gasteiger charge is 2.29. The van der Waals surface area contributed by atoms with Crippen molar-refractivity contribution in [3.05, 3.63) is 64.3 Å². The minimum Gasteiger partial charge on any atom is -0.491 e. The molecule has 1 amide bonds. The summed E-state index contributed by atoms with van der Waals surface area (Å²) in [6.45, 7) is 3.83. The molecule has 1 aromatic heterocycles. The number of ether oxygens (including phenoxy) is 1. The number of halogens is 1. The van der Waals surface area contributed by atoms with Crippen LogP contribution >= 0.6 is 11.6 Å². The van der Waals surface area contributed by atoms with Crippen molar-refractivity contribution in [3.63, 3.8) is 0 Å². The van der Waals surface area contributed by atoms with Gasteiger partial charge in [0.05, 0.1) is 11.6 Å². The molecule has 2 heterocycles. The number of amides is 1. The number of hydrogen-bond donors (Lipinski definition) is 2. The Morgan fingerprint density at radius 1 is 1.26 bits per heavy atom. The zero-order valence-electron chi connectivity index (χ0n) is 15.4. The largest absolute Gasteiger partial charge is 0.491 e. The van der Waals surface area contributed by atoms with Gasteiger partial charge in [0.2, 0.25) is 0 Å². The van der Waals surface area contributed by atoms with E-state index < -0.39 is 5.60 Å². The monoisotopic (exact) mass is 384 g/mol. The van der Waals surface area contributed by atoms with Crippen LogP contribution in [0, 0.1) is 0 Å². The molecule has 2 N–H and O–H groups in total. The van der Waals surface area contributed by atoms with Crippen molar-refractivity contribution in [1.29, 1.82) is 0 Å². The average molecular weight is 385 g/mol. The SMILES string of the molecule is Cn1c(C(=O)NC2COc3cc(C(C)(C)O)ccc32)cc2ccc(Cl)cc21. The number of benzene rings is 2. The number of fused-ring (bicyclic) bond motifs is 2. The first-order valence-electron chi connectivity index (χ1n) is 8.79. The Balaban J connectivity index is 1.60. The van der Waals surface area contributed by atoms with Gasteiger partial charge in [-0.1, -0.05) is 29.8 Å². The summed E-state index contributed by atoms with van der Waals surface area (Å²) < 4.78 is 7.58. The predicted octanol–water partition coefficient (Wildman–Crippen LogP) is 3.92. The van der Waals surface area contributed by atoms with Gasteiger partial charge in [0.1, 0.15) is 18.1 Å². The Morgan fingerprint density at radius 3 is 2.78 bits per heavy atom. The third-order valence-electron chi connectivity index (χ3n) is 5.05. The summed E-state index contributed by atoms with van der Waals surface area (Å²) in [5.41, 5.74) is 2.22. The summed E-state index contributed by atoms with van der Waals surface area (Å²) in [6.07, 6.45) is 0. The molecular weight excluding hydrogens is 364 g/mol. The van der Waals surface area contributed by atoms with Crippen molar-refractivity contribution in [1.82, 2.24) is 9.88 Å². The molecule has 0 saturated carbocycles. The van der Waals surface area contributed by atoms with E-state index in [0.717, 1.165) is 22.0 Å². The molecule has 6 heteroatoms. The van der Waals surface area contributed by atoms with Crippen LogP contribution in [-0.2, 0) is 12.6 Å². The predicted molar refractivity (Wildman–Crippen MR) is 105 cm³/mol. The Bertz CT molecular complexity index is 1050. The van der Waals surface area contributed by atoms with Crippen LogP contribution in [0.4, 0.5) is 0 Å².